The van der Waals surface area contributed by atoms with E-state index in [1.165, 1.54) is 0 Å². The van der Waals surface area contributed by atoms with Crippen molar-refractivity contribution in [1.82, 2.24) is 0 Å². The highest BCUT2D eigenvalue weighted by Crippen LogP contribution is 2.76. The number of aliphatic hydroxyl groups excluding tert-OH is 10. The minimum atomic E-state index is -2.51. The van der Waals surface area contributed by atoms with E-state index in [-0.39, 0.29) is 29.6 Å². The third kappa shape index (κ3) is 7.76. The summed E-state index contributed by atoms with van der Waals surface area (Å²) in [5, 5.41) is 117. The normalized spacial score (nSPS) is 42.2. The molecule has 0 radical (unpaired) electrons. The monoisotopic (exact) mass is 814 g/mol. The second-order valence-corrected chi connectivity index (χ2v) is 19.9. The molecule has 0 aromatic rings. The Morgan fingerprint density at radius 1 is 0.842 bits per heavy atom. The van der Waals surface area contributed by atoms with E-state index in [4.69, 9.17) is 19.3 Å². The highest BCUT2D eigenvalue weighted by Gasteiger charge is 2.74. The molecule has 5 aliphatic rings. The van der Waals surface area contributed by atoms with Crippen LogP contribution in [0.3, 0.4) is 0 Å². The Labute approximate surface area is 336 Å². The average Bonchev–Trinajstić information content (AvgIpc) is 3.72. The van der Waals surface area contributed by atoms with Gasteiger partial charge >= 0.3 is 0 Å². The molecule has 57 heavy (non-hydrogen) atoms. The van der Waals surface area contributed by atoms with Crippen LogP contribution in [-0.4, -0.2) is 129 Å². The SMILES string of the molecule is CC1(C)C(=O)CC[C@@]2(C)C1[C@@H](O[C@@H](O)/C(O[C@@H](O)/C(O)=C(/O)[C@@H](O)CCO)=C(\O)[C@@H](O)CCO)C[C@]1(C)C2C[C@@H](O)C2C([C@]3(C)CC[C@H](C(C)(C)O)O3)CC[C@]21C. The van der Waals surface area contributed by atoms with E-state index in [2.05, 4.69) is 27.7 Å². The van der Waals surface area contributed by atoms with Crippen molar-refractivity contribution in [2.45, 2.75) is 174 Å². The molecule has 0 aromatic heterocycles. The number of ether oxygens (including phenoxy) is 3. The molecular weight excluding hydrogens is 744 g/mol. The molecule has 11 N–H and O–H groups in total. The lowest BCUT2D eigenvalue weighted by molar-refractivity contribution is -0.286. The van der Waals surface area contributed by atoms with Gasteiger partial charge < -0.3 is 70.4 Å². The summed E-state index contributed by atoms with van der Waals surface area (Å²) >= 11 is 0. The van der Waals surface area contributed by atoms with Crippen LogP contribution < -0.4 is 0 Å². The van der Waals surface area contributed by atoms with Gasteiger partial charge in [0.25, 0.3) is 6.29 Å². The fourth-order valence-corrected chi connectivity index (χ4v) is 12.8. The molecule has 5 fully saturated rings. The quantitative estimate of drug-likeness (QED) is 0.0889. The number of aliphatic hydroxyl groups is 11. The Bertz CT molecular complexity index is 1540. The molecule has 4 aliphatic carbocycles. The van der Waals surface area contributed by atoms with Gasteiger partial charge in [0.2, 0.25) is 12.0 Å². The van der Waals surface area contributed by atoms with Gasteiger partial charge in [-0.25, -0.2) is 0 Å². The molecule has 1 saturated heterocycles. The second-order valence-electron chi connectivity index (χ2n) is 19.9. The summed E-state index contributed by atoms with van der Waals surface area (Å²) in [6.45, 7) is 14.7. The smallest absolute Gasteiger partial charge is 0.259 e. The predicted molar refractivity (Wildman–Crippen MR) is 205 cm³/mol. The molecule has 0 spiro atoms. The third-order valence-electron chi connectivity index (χ3n) is 15.8. The Hall–Kier alpha value is -2.05. The van der Waals surface area contributed by atoms with E-state index in [1.807, 2.05) is 13.8 Å². The highest BCUT2D eigenvalue weighted by molar-refractivity contribution is 5.85. The van der Waals surface area contributed by atoms with Gasteiger partial charge in [-0.15, -0.1) is 0 Å². The van der Waals surface area contributed by atoms with E-state index in [9.17, 15) is 55.9 Å². The Morgan fingerprint density at radius 2 is 1.44 bits per heavy atom. The molecule has 15 nitrogen and oxygen atoms in total. The first kappa shape index (κ1) is 46.0. The Kier molecular flexibility index (Phi) is 13.0. The fourth-order valence-electron chi connectivity index (χ4n) is 12.8. The third-order valence-corrected chi connectivity index (χ3v) is 15.8. The molecule has 328 valence electrons. The molecule has 4 saturated carbocycles. The van der Waals surface area contributed by atoms with Gasteiger partial charge in [0.15, 0.2) is 17.3 Å². The molecule has 15 atom stereocenters. The summed E-state index contributed by atoms with van der Waals surface area (Å²) in [5.41, 5.74) is -4.25. The fraction of sp³-hybridized carbons (Fsp3) is 0.881. The molecule has 0 aromatic carbocycles. The van der Waals surface area contributed by atoms with Gasteiger partial charge in [-0.05, 0) is 99.7 Å². The zero-order valence-corrected chi connectivity index (χ0v) is 34.9. The van der Waals surface area contributed by atoms with Gasteiger partial charge in [0.1, 0.15) is 18.0 Å². The maximum atomic E-state index is 13.8. The molecule has 1 aliphatic heterocycles. The van der Waals surface area contributed by atoms with Crippen molar-refractivity contribution >= 4 is 5.78 Å². The van der Waals surface area contributed by atoms with E-state index in [0.717, 1.165) is 19.3 Å². The maximum absolute atomic E-state index is 13.8. The first-order chi connectivity index (χ1) is 26.2. The van der Waals surface area contributed by atoms with Crippen molar-refractivity contribution in [2.75, 3.05) is 13.2 Å². The standard InChI is InChI=1S/C42H70O15/c1-37(2)27(48)10-14-39(5)26-19-24(47)29-21(42(8)16-11-28(57-42)38(3,4)54)9-15-40(29,6)41(26,7)20-25(34(37)39)55-36(53)33(31(50)23(46)13-18-44)56-35(52)32(51)30(49)22(45)12-17-43/h21-26,28-29,34-36,43-47,49-54H,9-20H2,1-8H3/b32-30-,33-31+/t21?,22-,23-,24+,25-,26?,28+,29?,34?,35+,36+,39+,40+,41+,42-/m0/s1. The molecule has 1 heterocycles. The zero-order chi connectivity index (χ0) is 42.8. The van der Waals surface area contributed by atoms with E-state index in [0.29, 0.717) is 32.1 Å². The van der Waals surface area contributed by atoms with Gasteiger partial charge in [0.05, 0.1) is 29.5 Å². The topological polar surface area (TPSA) is 267 Å². The van der Waals surface area contributed by atoms with Crippen LogP contribution in [0.2, 0.25) is 0 Å². The molecular formula is C42H70O15. The minimum Gasteiger partial charge on any atom is -0.506 e. The molecule has 15 heteroatoms. The van der Waals surface area contributed by atoms with Crippen LogP contribution in [0.15, 0.2) is 23.0 Å². The molecule has 4 unspecified atom stereocenters. The van der Waals surface area contributed by atoms with Crippen LogP contribution in [0, 0.1) is 45.3 Å². The zero-order valence-electron chi connectivity index (χ0n) is 34.9. The van der Waals surface area contributed by atoms with Crippen molar-refractivity contribution in [3.05, 3.63) is 23.0 Å². The maximum Gasteiger partial charge on any atom is 0.259 e. The number of carbonyl (C=O) groups excluding carboxylic acids is 1. The summed E-state index contributed by atoms with van der Waals surface area (Å²) in [4.78, 5) is 13.8. The molecule has 5 rings (SSSR count). The Morgan fingerprint density at radius 3 is 2.00 bits per heavy atom. The van der Waals surface area contributed by atoms with Crippen molar-refractivity contribution in [3.63, 3.8) is 0 Å². The van der Waals surface area contributed by atoms with Crippen molar-refractivity contribution in [1.29, 1.82) is 0 Å². The highest BCUT2D eigenvalue weighted by atomic mass is 16.7. The van der Waals surface area contributed by atoms with E-state index < -0.39 is 125 Å². The number of ketones is 1. The summed E-state index contributed by atoms with van der Waals surface area (Å²) in [6.07, 6.45) is -6.60. The lowest BCUT2D eigenvalue weighted by Crippen LogP contribution is -2.70. The first-order valence-corrected chi connectivity index (χ1v) is 20.7. The largest absolute Gasteiger partial charge is 0.506 e. The Balaban J connectivity index is 1.56. The number of hydrogen-bond donors (Lipinski definition) is 11. The predicted octanol–water partition coefficient (Wildman–Crippen LogP) is 3.15. The summed E-state index contributed by atoms with van der Waals surface area (Å²) in [7, 11) is 0. The van der Waals surface area contributed by atoms with Gasteiger partial charge in [-0.1, -0.05) is 34.6 Å². The summed E-state index contributed by atoms with van der Waals surface area (Å²) < 4.78 is 18.6. The van der Waals surface area contributed by atoms with E-state index >= 15 is 0 Å². The van der Waals surface area contributed by atoms with Gasteiger partial charge in [-0.2, -0.15) is 0 Å². The lowest BCUT2D eigenvalue weighted by atomic mass is 9.34. The van der Waals surface area contributed by atoms with Crippen LogP contribution in [-0.2, 0) is 19.0 Å². The number of hydrogen-bond acceptors (Lipinski definition) is 15. The minimum absolute atomic E-state index is 0.00124. The number of rotatable bonds is 14. The second kappa shape index (κ2) is 16.1. The van der Waals surface area contributed by atoms with Crippen molar-refractivity contribution in [2.24, 2.45) is 45.3 Å². The van der Waals surface area contributed by atoms with Crippen molar-refractivity contribution < 1.29 is 75.2 Å². The average molecular weight is 815 g/mol. The number of fused-ring (bicyclic) bond motifs is 5. The summed E-state index contributed by atoms with van der Waals surface area (Å²) in [5.74, 6) is -5.25. The van der Waals surface area contributed by atoms with Crippen LogP contribution in [0.25, 0.3) is 0 Å². The number of Topliss-reactive ketones (excluding diaryl/α,β-unsaturated/α-hetero) is 1. The van der Waals surface area contributed by atoms with Crippen LogP contribution >= 0.6 is 0 Å². The molecule has 0 amide bonds. The van der Waals surface area contributed by atoms with Crippen LogP contribution in [0.5, 0.6) is 0 Å². The first-order valence-electron chi connectivity index (χ1n) is 20.7. The lowest BCUT2D eigenvalue weighted by Gasteiger charge is -2.71. The van der Waals surface area contributed by atoms with Crippen LogP contribution in [0.4, 0.5) is 0 Å². The van der Waals surface area contributed by atoms with Crippen LogP contribution in [0.1, 0.15) is 120 Å². The van der Waals surface area contributed by atoms with Crippen molar-refractivity contribution in [3.8, 4) is 0 Å². The van der Waals surface area contributed by atoms with E-state index in [1.54, 1.807) is 13.8 Å². The van der Waals surface area contributed by atoms with Gasteiger partial charge in [0, 0.05) is 43.8 Å². The van der Waals surface area contributed by atoms with Gasteiger partial charge in [-0.3, -0.25) is 4.79 Å². The number of carbonyl (C=O) groups is 1. The molecule has 0 bridgehead atoms. The summed E-state index contributed by atoms with van der Waals surface area (Å²) in [6, 6.07) is 0.